The Morgan fingerprint density at radius 1 is 1.15 bits per heavy atom. The Balaban J connectivity index is 0. The molecule has 1 amide bonds. The van der Waals surface area contributed by atoms with Gasteiger partial charge >= 0.3 is 0 Å². The average Bonchev–Trinajstić information content (AvgIpc) is 2.64. The van der Waals surface area contributed by atoms with Gasteiger partial charge in [0.1, 0.15) is 0 Å². The van der Waals surface area contributed by atoms with Gasteiger partial charge in [0, 0.05) is 8.77 Å². The molecule has 4 heteroatoms. The third kappa shape index (κ3) is 6.81. The summed E-state index contributed by atoms with van der Waals surface area (Å²) in [7, 11) is 1.75. The Hall–Kier alpha value is -2.46. The number of carbonyl (C=O) groups is 2. The lowest BCUT2D eigenvalue weighted by Crippen LogP contribution is -2.51. The summed E-state index contributed by atoms with van der Waals surface area (Å²) in [5.74, 6) is -0.348. The fraction of sp³-hybridized carbons (Fsp3) is 0.364. The van der Waals surface area contributed by atoms with Crippen molar-refractivity contribution in [3.05, 3.63) is 72.9 Å². The van der Waals surface area contributed by atoms with E-state index >= 15 is 0 Å². The molecule has 1 aromatic carbocycles. The second-order valence-electron chi connectivity index (χ2n) is 6.53. The van der Waals surface area contributed by atoms with Crippen LogP contribution in [-0.2, 0) is 16.0 Å². The molecule has 0 aliphatic rings. The molecule has 0 saturated carbocycles. The third-order valence-corrected chi connectivity index (χ3v) is 4.21. The van der Waals surface area contributed by atoms with E-state index in [0.29, 0.717) is 12.8 Å². The normalized spacial score (nSPS) is 13.8. The SMILES string of the molecule is C=C/C=C(\C=C)CC(NC(=O)C(Cc1ccccc1)NC)C(=O)C(C)C.[HH].[HH]. The fourth-order valence-corrected chi connectivity index (χ4v) is 2.68. The van der Waals surface area contributed by atoms with E-state index in [4.69, 9.17) is 0 Å². The number of hydrogen-bond acceptors (Lipinski definition) is 3. The van der Waals surface area contributed by atoms with Gasteiger partial charge in [-0.2, -0.15) is 0 Å². The highest BCUT2D eigenvalue weighted by atomic mass is 16.2. The first-order valence-corrected chi connectivity index (χ1v) is 8.92. The Labute approximate surface area is 160 Å². The Morgan fingerprint density at radius 3 is 2.31 bits per heavy atom. The molecule has 1 aromatic rings. The van der Waals surface area contributed by atoms with Gasteiger partial charge in [-0.15, -0.1) is 0 Å². The predicted octanol–water partition coefficient (Wildman–Crippen LogP) is 3.71. The van der Waals surface area contributed by atoms with Gasteiger partial charge < -0.3 is 10.6 Å². The average molecular weight is 359 g/mol. The molecule has 4 nitrogen and oxygen atoms in total. The molecule has 2 N–H and O–H groups in total. The lowest BCUT2D eigenvalue weighted by atomic mass is 9.94. The molecule has 0 bridgehead atoms. The Kier molecular flexibility index (Phi) is 9.31. The molecule has 0 saturated heterocycles. The van der Waals surface area contributed by atoms with Gasteiger partial charge in [-0.1, -0.05) is 75.6 Å². The van der Waals surface area contributed by atoms with E-state index in [1.807, 2.05) is 44.2 Å². The van der Waals surface area contributed by atoms with E-state index in [1.165, 1.54) is 0 Å². The Bertz CT molecular complexity index is 658. The monoisotopic (exact) mass is 358 g/mol. The summed E-state index contributed by atoms with van der Waals surface area (Å²) < 4.78 is 0. The van der Waals surface area contributed by atoms with Crippen LogP contribution in [0.3, 0.4) is 0 Å². The lowest BCUT2D eigenvalue weighted by Gasteiger charge is -2.23. The largest absolute Gasteiger partial charge is 0.345 e. The first-order chi connectivity index (χ1) is 12.4. The molecule has 0 aliphatic heterocycles. The molecule has 144 valence electrons. The minimum atomic E-state index is -0.585. The van der Waals surface area contributed by atoms with E-state index in [-0.39, 0.29) is 20.5 Å². The quantitative estimate of drug-likeness (QED) is 0.593. The number of allylic oxidation sites excluding steroid dienone is 3. The van der Waals surface area contributed by atoms with E-state index in [9.17, 15) is 9.59 Å². The number of benzene rings is 1. The van der Waals surface area contributed by atoms with Crippen LogP contribution in [0.5, 0.6) is 0 Å². The van der Waals surface area contributed by atoms with Crippen LogP contribution in [0, 0.1) is 5.92 Å². The van der Waals surface area contributed by atoms with Crippen LogP contribution in [0.4, 0.5) is 0 Å². The van der Waals surface area contributed by atoms with Crippen molar-refractivity contribution in [2.45, 2.75) is 38.8 Å². The van der Waals surface area contributed by atoms with Gasteiger partial charge in [0.15, 0.2) is 5.78 Å². The Morgan fingerprint density at radius 2 is 1.81 bits per heavy atom. The van der Waals surface area contributed by atoms with Crippen LogP contribution < -0.4 is 10.6 Å². The molecule has 0 fully saturated rings. The standard InChI is InChI=1S/C22H30N2O2.2H2/c1-6-11-17(7-2)14-19(21(25)16(3)4)24-22(26)20(23-5)15-18-12-9-8-10-13-18;;/h6-13,16,19-20,23H,1-2,14-15H2,3-5H3,(H,24,26);2*1H/b17-11+;;. The molecule has 0 heterocycles. The molecule has 2 unspecified atom stereocenters. The van der Waals surface area contributed by atoms with Crippen LogP contribution in [0.25, 0.3) is 0 Å². The summed E-state index contributed by atoms with van der Waals surface area (Å²) in [6.07, 6.45) is 6.11. The number of ketones is 1. The molecule has 2 atom stereocenters. The molecule has 0 aliphatic carbocycles. The van der Waals surface area contributed by atoms with E-state index in [2.05, 4.69) is 23.8 Å². The molecule has 26 heavy (non-hydrogen) atoms. The second-order valence-corrected chi connectivity index (χ2v) is 6.53. The van der Waals surface area contributed by atoms with Crippen molar-refractivity contribution >= 4 is 11.7 Å². The highest BCUT2D eigenvalue weighted by molar-refractivity contribution is 5.92. The maximum Gasteiger partial charge on any atom is 0.238 e. The van der Waals surface area contributed by atoms with Crippen LogP contribution >= 0.6 is 0 Å². The smallest absolute Gasteiger partial charge is 0.238 e. The summed E-state index contributed by atoms with van der Waals surface area (Å²) in [5, 5.41) is 5.96. The van der Waals surface area contributed by atoms with Gasteiger partial charge in [-0.3, -0.25) is 9.59 Å². The number of nitrogens with one attached hydrogen (secondary N) is 2. The molecule has 0 radical (unpaired) electrons. The number of likely N-dealkylation sites (N-methyl/N-ethyl adjacent to an activating group) is 1. The van der Waals surface area contributed by atoms with Crippen molar-refractivity contribution in [3.8, 4) is 0 Å². The number of rotatable bonds is 11. The molecule has 1 rings (SSSR count). The second kappa shape index (κ2) is 11.2. The molecule has 0 spiro atoms. The lowest BCUT2D eigenvalue weighted by molar-refractivity contribution is -0.130. The summed E-state index contributed by atoms with van der Waals surface area (Å²) in [6, 6.07) is 8.81. The van der Waals surface area contributed by atoms with Gasteiger partial charge in [0.2, 0.25) is 5.91 Å². The first kappa shape index (κ1) is 21.6. The minimum absolute atomic E-state index is 0. The number of Topliss-reactive ketones (excluding diaryl/α,β-unsaturated/α-hetero) is 1. The topological polar surface area (TPSA) is 58.2 Å². The predicted molar refractivity (Wildman–Crippen MR) is 112 cm³/mol. The fourth-order valence-electron chi connectivity index (χ4n) is 2.68. The van der Waals surface area contributed by atoms with E-state index in [1.54, 1.807) is 25.3 Å². The third-order valence-electron chi connectivity index (χ3n) is 4.21. The highest BCUT2D eigenvalue weighted by Crippen LogP contribution is 2.13. The molecule has 0 aromatic heterocycles. The van der Waals surface area contributed by atoms with Crippen molar-refractivity contribution < 1.29 is 12.4 Å². The molecular weight excluding hydrogens is 324 g/mol. The van der Waals surface area contributed by atoms with Crippen molar-refractivity contribution in [3.63, 3.8) is 0 Å². The van der Waals surface area contributed by atoms with Crippen molar-refractivity contribution in [2.75, 3.05) is 7.05 Å². The zero-order chi connectivity index (χ0) is 19.5. The number of hydrogen-bond donors (Lipinski definition) is 2. The number of amides is 1. The minimum Gasteiger partial charge on any atom is -0.345 e. The van der Waals surface area contributed by atoms with Crippen LogP contribution in [0.1, 0.15) is 28.7 Å². The maximum atomic E-state index is 12.8. The van der Waals surface area contributed by atoms with Gasteiger partial charge in [0.05, 0.1) is 12.1 Å². The summed E-state index contributed by atoms with van der Waals surface area (Å²) >= 11 is 0. The first-order valence-electron chi connectivity index (χ1n) is 8.92. The highest BCUT2D eigenvalue weighted by Gasteiger charge is 2.26. The van der Waals surface area contributed by atoms with Gasteiger partial charge in [-0.25, -0.2) is 0 Å². The van der Waals surface area contributed by atoms with E-state index < -0.39 is 12.1 Å². The van der Waals surface area contributed by atoms with Crippen LogP contribution in [-0.4, -0.2) is 30.8 Å². The summed E-state index contributed by atoms with van der Waals surface area (Å²) in [6.45, 7) is 11.1. The van der Waals surface area contributed by atoms with Crippen molar-refractivity contribution in [1.29, 1.82) is 0 Å². The molecular formula is C22H34N2O2. The number of carbonyl (C=O) groups excluding carboxylic acids is 2. The van der Waals surface area contributed by atoms with E-state index in [0.717, 1.165) is 11.1 Å². The summed E-state index contributed by atoms with van der Waals surface area (Å²) in [4.78, 5) is 25.3. The van der Waals surface area contributed by atoms with Crippen LogP contribution in [0.2, 0.25) is 0 Å². The van der Waals surface area contributed by atoms with Crippen LogP contribution in [0.15, 0.2) is 67.3 Å². The summed E-state index contributed by atoms with van der Waals surface area (Å²) in [5.41, 5.74) is 1.93. The zero-order valence-electron chi connectivity index (χ0n) is 16.0. The zero-order valence-corrected chi connectivity index (χ0v) is 16.0. The van der Waals surface area contributed by atoms with Crippen molar-refractivity contribution in [2.24, 2.45) is 5.92 Å². The van der Waals surface area contributed by atoms with Crippen molar-refractivity contribution in [1.82, 2.24) is 10.6 Å². The van der Waals surface area contributed by atoms with Gasteiger partial charge in [0.25, 0.3) is 0 Å². The van der Waals surface area contributed by atoms with Gasteiger partial charge in [-0.05, 0) is 31.0 Å². The maximum absolute atomic E-state index is 12.8.